The summed E-state index contributed by atoms with van der Waals surface area (Å²) in [5.74, 6) is 0.633. The molecule has 29 heavy (non-hydrogen) atoms. The first-order valence-electron chi connectivity index (χ1n) is 9.90. The lowest BCUT2D eigenvalue weighted by Gasteiger charge is -2.32. The molecule has 2 aromatic carbocycles. The van der Waals surface area contributed by atoms with Crippen LogP contribution in [0.2, 0.25) is 0 Å². The zero-order valence-corrected chi connectivity index (χ0v) is 17.8. The molecule has 3 rings (SSSR count). The number of sulfonamides is 1. The average Bonchev–Trinajstić information content (AvgIpc) is 2.75. The van der Waals surface area contributed by atoms with Gasteiger partial charge in [0, 0.05) is 19.2 Å². The zero-order valence-electron chi connectivity index (χ0n) is 17.0. The molecular formula is C22H29NO5S. The van der Waals surface area contributed by atoms with E-state index in [1.165, 1.54) is 24.6 Å². The normalized spacial score (nSPS) is 19.9. The maximum atomic E-state index is 13.7. The van der Waals surface area contributed by atoms with Crippen molar-refractivity contribution in [1.82, 2.24) is 4.31 Å². The van der Waals surface area contributed by atoms with Gasteiger partial charge in [-0.1, -0.05) is 43.2 Å². The van der Waals surface area contributed by atoms with E-state index in [0.717, 1.165) is 24.8 Å². The van der Waals surface area contributed by atoms with Gasteiger partial charge in [0.2, 0.25) is 10.0 Å². The van der Waals surface area contributed by atoms with Gasteiger partial charge in [-0.05, 0) is 36.5 Å². The molecule has 0 saturated heterocycles. The van der Waals surface area contributed by atoms with Crippen LogP contribution in [-0.4, -0.2) is 44.7 Å². The van der Waals surface area contributed by atoms with E-state index >= 15 is 0 Å². The topological polar surface area (TPSA) is 76.1 Å². The standard InChI is InChI=1S/C22H29NO5S/c1-27-19-12-13-21(28-2)22(14-19)29(25,26)23(15-17-8-4-3-5-9-17)16-18-10-6-7-11-20(18)24/h3-5,8-9,12-14,18,20,24H,6-7,10-11,15-16H2,1-2H3. The van der Waals surface area contributed by atoms with Crippen LogP contribution in [0.1, 0.15) is 31.2 Å². The molecular weight excluding hydrogens is 390 g/mol. The number of hydrogen-bond acceptors (Lipinski definition) is 5. The van der Waals surface area contributed by atoms with E-state index in [4.69, 9.17) is 9.47 Å². The predicted octanol–water partition coefficient (Wildman–Crippen LogP) is 3.45. The Hall–Kier alpha value is -2.09. The summed E-state index contributed by atoms with van der Waals surface area (Å²) < 4.78 is 39.4. The Morgan fingerprint density at radius 3 is 2.41 bits per heavy atom. The number of benzene rings is 2. The summed E-state index contributed by atoms with van der Waals surface area (Å²) in [7, 11) is -0.930. The Kier molecular flexibility index (Phi) is 7.16. The van der Waals surface area contributed by atoms with Crippen molar-refractivity contribution in [2.75, 3.05) is 20.8 Å². The summed E-state index contributed by atoms with van der Waals surface area (Å²) in [5, 5.41) is 10.4. The summed E-state index contributed by atoms with van der Waals surface area (Å²) in [5.41, 5.74) is 0.892. The van der Waals surface area contributed by atoms with Gasteiger partial charge in [0.15, 0.2) is 0 Å². The number of nitrogens with zero attached hydrogens (tertiary/aromatic N) is 1. The SMILES string of the molecule is COc1ccc(OC)c(S(=O)(=O)N(Cc2ccccc2)CC2CCCCC2O)c1. The van der Waals surface area contributed by atoms with Crippen molar-refractivity contribution in [2.45, 2.75) is 43.2 Å². The van der Waals surface area contributed by atoms with Crippen molar-refractivity contribution in [2.24, 2.45) is 5.92 Å². The molecule has 158 valence electrons. The molecule has 1 aliphatic rings. The smallest absolute Gasteiger partial charge is 0.247 e. The van der Waals surface area contributed by atoms with Crippen LogP contribution in [0.5, 0.6) is 11.5 Å². The maximum absolute atomic E-state index is 13.7. The van der Waals surface area contributed by atoms with Gasteiger partial charge in [0.05, 0.1) is 20.3 Å². The second-order valence-electron chi connectivity index (χ2n) is 7.41. The minimum atomic E-state index is -3.88. The molecule has 0 aromatic heterocycles. The highest BCUT2D eigenvalue weighted by Crippen LogP contribution is 2.33. The van der Waals surface area contributed by atoms with Crippen LogP contribution < -0.4 is 9.47 Å². The van der Waals surface area contributed by atoms with Crippen molar-refractivity contribution in [1.29, 1.82) is 0 Å². The molecule has 0 aliphatic heterocycles. The van der Waals surface area contributed by atoms with Gasteiger partial charge >= 0.3 is 0 Å². The maximum Gasteiger partial charge on any atom is 0.247 e. The number of methoxy groups -OCH3 is 2. The van der Waals surface area contributed by atoms with Crippen LogP contribution in [0.15, 0.2) is 53.4 Å². The van der Waals surface area contributed by atoms with Crippen molar-refractivity contribution in [3.63, 3.8) is 0 Å². The largest absolute Gasteiger partial charge is 0.497 e. The molecule has 2 atom stereocenters. The van der Waals surface area contributed by atoms with Crippen LogP contribution in [0.3, 0.4) is 0 Å². The van der Waals surface area contributed by atoms with Crippen molar-refractivity contribution in [3.05, 3.63) is 54.1 Å². The van der Waals surface area contributed by atoms with Gasteiger partial charge in [-0.15, -0.1) is 0 Å². The fourth-order valence-corrected chi connectivity index (χ4v) is 5.48. The Morgan fingerprint density at radius 1 is 1.03 bits per heavy atom. The third-order valence-corrected chi connectivity index (χ3v) is 7.33. The van der Waals surface area contributed by atoms with Gasteiger partial charge in [0.25, 0.3) is 0 Å². The van der Waals surface area contributed by atoms with Gasteiger partial charge in [-0.3, -0.25) is 0 Å². The lowest BCUT2D eigenvalue weighted by molar-refractivity contribution is 0.0588. The van der Waals surface area contributed by atoms with Gasteiger partial charge in [-0.2, -0.15) is 4.31 Å². The fourth-order valence-electron chi connectivity index (χ4n) is 3.82. The first-order valence-corrected chi connectivity index (χ1v) is 11.3. The molecule has 0 bridgehead atoms. The first kappa shape index (κ1) is 21.6. The molecule has 1 N–H and O–H groups in total. The molecule has 0 amide bonds. The molecule has 0 radical (unpaired) electrons. The number of hydrogen-bond donors (Lipinski definition) is 1. The molecule has 1 aliphatic carbocycles. The third kappa shape index (κ3) is 5.10. The summed E-state index contributed by atoms with van der Waals surface area (Å²) in [4.78, 5) is 0.0700. The number of aliphatic hydroxyl groups excluding tert-OH is 1. The second kappa shape index (κ2) is 9.61. The van der Waals surface area contributed by atoms with Crippen LogP contribution in [0.4, 0.5) is 0 Å². The van der Waals surface area contributed by atoms with E-state index < -0.39 is 16.1 Å². The molecule has 2 aromatic rings. The number of ether oxygens (including phenoxy) is 2. The third-order valence-electron chi connectivity index (χ3n) is 5.50. The Labute approximate surface area is 173 Å². The number of aliphatic hydroxyl groups is 1. The van der Waals surface area contributed by atoms with E-state index in [1.54, 1.807) is 12.1 Å². The lowest BCUT2D eigenvalue weighted by Crippen LogP contribution is -2.40. The summed E-state index contributed by atoms with van der Waals surface area (Å²) in [6.45, 7) is 0.492. The van der Waals surface area contributed by atoms with Gasteiger partial charge in [-0.25, -0.2) is 8.42 Å². The van der Waals surface area contributed by atoms with E-state index in [-0.39, 0.29) is 29.7 Å². The predicted molar refractivity (Wildman–Crippen MR) is 112 cm³/mol. The van der Waals surface area contributed by atoms with Crippen LogP contribution >= 0.6 is 0 Å². The van der Waals surface area contributed by atoms with Crippen LogP contribution in [0, 0.1) is 5.92 Å². The fraction of sp³-hybridized carbons (Fsp3) is 0.455. The number of rotatable bonds is 8. The van der Waals surface area contributed by atoms with Crippen molar-refractivity contribution >= 4 is 10.0 Å². The Morgan fingerprint density at radius 2 is 1.76 bits per heavy atom. The molecule has 7 heteroatoms. The van der Waals surface area contributed by atoms with Gasteiger partial charge in [0.1, 0.15) is 16.4 Å². The quantitative estimate of drug-likeness (QED) is 0.709. The molecule has 6 nitrogen and oxygen atoms in total. The molecule has 0 spiro atoms. The Balaban J connectivity index is 1.99. The molecule has 1 saturated carbocycles. The van der Waals surface area contributed by atoms with Crippen molar-refractivity contribution in [3.8, 4) is 11.5 Å². The van der Waals surface area contributed by atoms with Crippen molar-refractivity contribution < 1.29 is 23.0 Å². The van der Waals surface area contributed by atoms with E-state index in [1.807, 2.05) is 30.3 Å². The molecule has 0 heterocycles. The highest BCUT2D eigenvalue weighted by atomic mass is 32.2. The van der Waals surface area contributed by atoms with Gasteiger partial charge < -0.3 is 14.6 Å². The van der Waals surface area contributed by atoms with E-state index in [9.17, 15) is 13.5 Å². The monoisotopic (exact) mass is 419 g/mol. The molecule has 1 fully saturated rings. The summed E-state index contributed by atoms with van der Waals surface area (Å²) in [6, 6.07) is 14.3. The van der Waals surface area contributed by atoms with Crippen LogP contribution in [-0.2, 0) is 16.6 Å². The molecule has 2 unspecified atom stereocenters. The highest BCUT2D eigenvalue weighted by molar-refractivity contribution is 7.89. The summed E-state index contributed by atoms with van der Waals surface area (Å²) >= 11 is 0. The Bertz CT molecular complexity index is 901. The average molecular weight is 420 g/mol. The lowest BCUT2D eigenvalue weighted by atomic mass is 9.86. The minimum absolute atomic E-state index is 0.0700. The van der Waals surface area contributed by atoms with E-state index in [2.05, 4.69) is 0 Å². The highest BCUT2D eigenvalue weighted by Gasteiger charge is 2.33. The summed E-state index contributed by atoms with van der Waals surface area (Å²) in [6.07, 6.45) is 3.03. The zero-order chi connectivity index (χ0) is 20.9. The first-order chi connectivity index (χ1) is 14.0. The van der Waals surface area contributed by atoms with Crippen LogP contribution in [0.25, 0.3) is 0 Å². The minimum Gasteiger partial charge on any atom is -0.497 e. The van der Waals surface area contributed by atoms with E-state index in [0.29, 0.717) is 12.2 Å². The second-order valence-corrected chi connectivity index (χ2v) is 9.32.